The van der Waals surface area contributed by atoms with Crippen molar-refractivity contribution in [2.75, 3.05) is 79.5 Å². The Morgan fingerprint density at radius 2 is 1.44 bits per heavy atom. The summed E-state index contributed by atoms with van der Waals surface area (Å²) in [7, 11) is 4.15. The van der Waals surface area contributed by atoms with E-state index in [9.17, 15) is 19.6 Å². The number of hydrogen-bond acceptors (Lipinski definition) is 10. The second-order valence-electron chi connectivity index (χ2n) is 15.3. The third-order valence-electron chi connectivity index (χ3n) is 12.1. The maximum atomic E-state index is 13.8. The smallest absolute Gasteiger partial charge is 0.253 e. The Hall–Kier alpha value is -4.71. The average Bonchev–Trinajstić information content (AvgIpc) is 3.54. The zero-order valence-corrected chi connectivity index (χ0v) is 30.1. The minimum Gasteiger partial charge on any atom is -0.336 e. The molecular formula is C38H47N11O3. The number of aromatic nitrogens is 4. The SMILES string of the molecule is CN1CCN(C(=O)c2ccc3c(c2)CCc2cc(C(=O)N4CCN(C)CC4)ccc2C3(CCNCC(=O)N2[C@H](C#N)C[C@@H]3C[C@@H]32)c2nnn[nH]2)CC1. The molecule has 4 heterocycles. The van der Waals surface area contributed by atoms with Crippen LogP contribution in [0.4, 0.5) is 0 Å². The van der Waals surface area contributed by atoms with Gasteiger partial charge in [-0.3, -0.25) is 14.4 Å². The van der Waals surface area contributed by atoms with Gasteiger partial charge in [0.05, 0.1) is 18.0 Å². The molecule has 3 amide bonds. The van der Waals surface area contributed by atoms with Crippen molar-refractivity contribution in [3.05, 3.63) is 75.6 Å². The number of aryl methyl sites for hydroxylation is 2. The highest BCUT2D eigenvalue weighted by Gasteiger charge is 2.54. The second kappa shape index (κ2) is 14.0. The van der Waals surface area contributed by atoms with Crippen LogP contribution in [0.25, 0.3) is 0 Å². The van der Waals surface area contributed by atoms with E-state index in [-0.39, 0.29) is 36.3 Å². The molecule has 2 aliphatic carbocycles. The van der Waals surface area contributed by atoms with E-state index in [1.165, 1.54) is 0 Å². The first kappa shape index (κ1) is 34.4. The molecule has 14 heteroatoms. The van der Waals surface area contributed by atoms with Gasteiger partial charge in [-0.2, -0.15) is 5.26 Å². The Morgan fingerprint density at radius 3 is 1.96 bits per heavy atom. The molecule has 14 nitrogen and oxygen atoms in total. The predicted molar refractivity (Wildman–Crippen MR) is 191 cm³/mol. The van der Waals surface area contributed by atoms with Gasteiger partial charge in [0.2, 0.25) is 5.91 Å². The summed E-state index contributed by atoms with van der Waals surface area (Å²) >= 11 is 0. The molecule has 0 bridgehead atoms. The summed E-state index contributed by atoms with van der Waals surface area (Å²) in [5, 5.41) is 28.7. The van der Waals surface area contributed by atoms with Crippen LogP contribution in [-0.4, -0.2) is 154 Å². The van der Waals surface area contributed by atoms with E-state index in [0.717, 1.165) is 61.3 Å². The number of nitrogens with one attached hydrogen (secondary N) is 2. The number of nitriles is 1. The minimum atomic E-state index is -0.865. The number of fused-ring (bicyclic) bond motifs is 3. The quantitative estimate of drug-likeness (QED) is 0.323. The highest BCUT2D eigenvalue weighted by molar-refractivity contribution is 5.95. The molecule has 5 aliphatic rings. The lowest BCUT2D eigenvalue weighted by molar-refractivity contribution is -0.131. The lowest BCUT2D eigenvalue weighted by atomic mass is 9.69. The summed E-state index contributed by atoms with van der Waals surface area (Å²) < 4.78 is 0. The van der Waals surface area contributed by atoms with E-state index < -0.39 is 5.41 Å². The standard InChI is InChI=1S/C38H47N11O3/c1-45-11-15-47(16-12-45)35(51)27-5-7-31-25(19-27)3-4-26-20-28(36(52)48-17-13-46(2)14-18-48)6-8-32(26)38(31,37-41-43-44-42-37)9-10-40-24-34(50)49-30(23-39)21-29-22-33(29)49/h5-8,19-20,29-30,33,40H,3-4,9-18,21-22,24H2,1-2H3,(H,41,42,43,44)/t29-,30+,33+/m1/s1. The monoisotopic (exact) mass is 705 g/mol. The molecule has 3 saturated heterocycles. The molecule has 1 saturated carbocycles. The van der Waals surface area contributed by atoms with Crippen molar-refractivity contribution in [3.8, 4) is 6.07 Å². The lowest BCUT2D eigenvalue weighted by Crippen LogP contribution is -2.47. The summed E-state index contributed by atoms with van der Waals surface area (Å²) in [6.45, 7) is 6.70. The van der Waals surface area contributed by atoms with Gasteiger partial charge in [-0.15, -0.1) is 5.10 Å². The molecule has 1 aromatic heterocycles. The van der Waals surface area contributed by atoms with E-state index in [1.807, 2.05) is 34.1 Å². The lowest BCUT2D eigenvalue weighted by Gasteiger charge is -2.35. The molecule has 3 aliphatic heterocycles. The molecule has 3 aromatic rings. The van der Waals surface area contributed by atoms with Crippen LogP contribution in [0.15, 0.2) is 36.4 Å². The van der Waals surface area contributed by atoms with Crippen molar-refractivity contribution in [1.29, 1.82) is 5.26 Å². The van der Waals surface area contributed by atoms with Crippen LogP contribution in [0.3, 0.4) is 0 Å². The molecule has 0 radical (unpaired) electrons. The third-order valence-corrected chi connectivity index (χ3v) is 12.1. The van der Waals surface area contributed by atoms with E-state index in [0.29, 0.717) is 74.9 Å². The number of rotatable bonds is 8. The van der Waals surface area contributed by atoms with Crippen LogP contribution in [-0.2, 0) is 23.1 Å². The van der Waals surface area contributed by atoms with Gasteiger partial charge in [0.15, 0.2) is 5.82 Å². The number of H-pyrrole nitrogens is 1. The fourth-order valence-electron chi connectivity index (χ4n) is 8.97. The first-order valence-electron chi connectivity index (χ1n) is 18.6. The topological polar surface area (TPSA) is 158 Å². The van der Waals surface area contributed by atoms with Gasteiger partial charge in [-0.05, 0) is 116 Å². The number of piperidine rings is 1. The summed E-state index contributed by atoms with van der Waals surface area (Å²) in [6, 6.07) is 14.2. The number of aromatic amines is 1. The fraction of sp³-hybridized carbons (Fsp3) is 0.553. The van der Waals surface area contributed by atoms with E-state index in [2.05, 4.69) is 68.0 Å². The molecule has 0 spiro atoms. The first-order valence-corrected chi connectivity index (χ1v) is 18.6. The largest absolute Gasteiger partial charge is 0.336 e. The fourth-order valence-corrected chi connectivity index (χ4v) is 8.97. The summed E-state index contributed by atoms with van der Waals surface area (Å²) in [5.41, 5.74) is 4.50. The molecule has 52 heavy (non-hydrogen) atoms. The summed E-state index contributed by atoms with van der Waals surface area (Å²) in [6.07, 6.45) is 3.59. The zero-order chi connectivity index (χ0) is 36.0. The second-order valence-corrected chi connectivity index (χ2v) is 15.3. The van der Waals surface area contributed by atoms with Crippen LogP contribution in [0.2, 0.25) is 0 Å². The molecule has 8 rings (SSSR count). The summed E-state index contributed by atoms with van der Waals surface area (Å²) in [5.74, 6) is 1.02. The number of carbonyl (C=O) groups is 3. The molecular weight excluding hydrogens is 658 g/mol. The van der Waals surface area contributed by atoms with Crippen LogP contribution >= 0.6 is 0 Å². The van der Waals surface area contributed by atoms with E-state index >= 15 is 0 Å². The average molecular weight is 706 g/mol. The van der Waals surface area contributed by atoms with Crippen molar-refractivity contribution in [1.82, 2.24) is 50.4 Å². The van der Waals surface area contributed by atoms with Gasteiger partial charge in [-0.1, -0.05) is 12.1 Å². The normalized spacial score (nSPS) is 24.0. The maximum absolute atomic E-state index is 13.8. The molecule has 272 valence electrons. The van der Waals surface area contributed by atoms with Gasteiger partial charge < -0.3 is 29.8 Å². The molecule has 2 aromatic carbocycles. The Kier molecular flexibility index (Phi) is 9.27. The van der Waals surface area contributed by atoms with Gasteiger partial charge in [0, 0.05) is 69.5 Å². The number of nitrogens with zero attached hydrogens (tertiary/aromatic N) is 9. The van der Waals surface area contributed by atoms with Crippen LogP contribution in [0.1, 0.15) is 68.1 Å². The zero-order valence-electron chi connectivity index (χ0n) is 30.1. The van der Waals surface area contributed by atoms with Crippen molar-refractivity contribution in [2.45, 2.75) is 49.6 Å². The highest BCUT2D eigenvalue weighted by Crippen LogP contribution is 2.48. The minimum absolute atomic E-state index is 0.0281. The summed E-state index contributed by atoms with van der Waals surface area (Å²) in [4.78, 5) is 51.0. The van der Waals surface area contributed by atoms with Gasteiger partial charge in [0.1, 0.15) is 6.04 Å². The van der Waals surface area contributed by atoms with E-state index in [1.54, 1.807) is 4.90 Å². The van der Waals surface area contributed by atoms with Crippen LogP contribution in [0, 0.1) is 17.2 Å². The van der Waals surface area contributed by atoms with E-state index in [4.69, 9.17) is 0 Å². The number of hydrogen-bond donors (Lipinski definition) is 2. The number of benzene rings is 2. The number of tetrazole rings is 1. The number of carbonyl (C=O) groups excluding carboxylic acids is 3. The number of likely N-dealkylation sites (tertiary alicyclic amines) is 1. The first-order chi connectivity index (χ1) is 25.3. The number of amides is 3. The molecule has 0 unspecified atom stereocenters. The molecule has 4 fully saturated rings. The van der Waals surface area contributed by atoms with Crippen molar-refractivity contribution >= 4 is 17.7 Å². The Morgan fingerprint density at radius 1 is 0.865 bits per heavy atom. The Labute approximate surface area is 304 Å². The number of likely N-dealkylation sites (N-methyl/N-ethyl adjacent to an activating group) is 2. The molecule has 3 atom stereocenters. The predicted octanol–water partition coefficient (Wildman–Crippen LogP) is 0.901. The third kappa shape index (κ3) is 6.24. The van der Waals surface area contributed by atoms with Crippen molar-refractivity contribution in [3.63, 3.8) is 0 Å². The van der Waals surface area contributed by atoms with Gasteiger partial charge in [0.25, 0.3) is 11.8 Å². The number of piperazine rings is 2. The highest BCUT2D eigenvalue weighted by atomic mass is 16.2. The van der Waals surface area contributed by atoms with Gasteiger partial charge in [-0.25, -0.2) is 5.10 Å². The van der Waals surface area contributed by atoms with Crippen molar-refractivity contribution < 1.29 is 14.4 Å². The Balaban J connectivity index is 1.14. The van der Waals surface area contributed by atoms with Crippen LogP contribution < -0.4 is 5.32 Å². The molecule has 2 N–H and O–H groups in total. The van der Waals surface area contributed by atoms with Gasteiger partial charge >= 0.3 is 0 Å². The maximum Gasteiger partial charge on any atom is 0.253 e. The van der Waals surface area contributed by atoms with Crippen LogP contribution in [0.5, 0.6) is 0 Å². The Bertz CT molecular complexity index is 1790. The van der Waals surface area contributed by atoms with Crippen molar-refractivity contribution in [2.24, 2.45) is 5.92 Å².